The van der Waals surface area contributed by atoms with Crippen LogP contribution in [-0.4, -0.2) is 0 Å². The Hall–Kier alpha value is 0. The third-order valence-electron chi connectivity index (χ3n) is 9.93. The van der Waals surface area contributed by atoms with Gasteiger partial charge in [0.2, 0.25) is 0 Å². The number of hydrogen-bond donors (Lipinski definition) is 0. The zero-order valence-corrected chi connectivity index (χ0v) is 18.5. The molecule has 0 aliphatic heterocycles. The third-order valence-corrected chi connectivity index (χ3v) is 9.93. The molecule has 0 aromatic carbocycles. The van der Waals surface area contributed by atoms with Gasteiger partial charge in [-0.15, -0.1) is 0 Å². The summed E-state index contributed by atoms with van der Waals surface area (Å²) >= 11 is 0. The lowest BCUT2D eigenvalue weighted by Gasteiger charge is -2.42. The van der Waals surface area contributed by atoms with Crippen molar-refractivity contribution >= 4 is 0 Å². The lowest BCUT2D eigenvalue weighted by molar-refractivity contribution is 0.0905. The van der Waals surface area contributed by atoms with Gasteiger partial charge in [-0.1, -0.05) is 71.1 Å². The van der Waals surface area contributed by atoms with Gasteiger partial charge in [0.1, 0.15) is 0 Å². The Kier molecular flexibility index (Phi) is 7.63. The normalized spacial score (nSPS) is 42.6. The van der Waals surface area contributed by atoms with E-state index < -0.39 is 0 Å². The predicted molar refractivity (Wildman–Crippen MR) is 118 cm³/mol. The molecule has 27 heavy (non-hydrogen) atoms. The van der Waals surface area contributed by atoms with E-state index in [-0.39, 0.29) is 0 Å². The first-order valence-electron chi connectivity index (χ1n) is 13.3. The molecule has 0 heteroatoms. The summed E-state index contributed by atoms with van der Waals surface area (Å²) in [5, 5.41) is 0. The van der Waals surface area contributed by atoms with Gasteiger partial charge in [0.05, 0.1) is 0 Å². The Morgan fingerprint density at radius 3 is 1.30 bits per heavy atom. The maximum Gasteiger partial charge on any atom is -0.0383 e. The van der Waals surface area contributed by atoms with E-state index in [1.807, 2.05) is 0 Å². The van der Waals surface area contributed by atoms with Crippen LogP contribution in [0.1, 0.15) is 129 Å². The standard InChI is InChI=1S/C27H48/c1-2-21-8-7-11-27(20-21)26-18-16-25(17-19-26)24-14-12-23(13-15-24)22-9-5-3-4-6-10-22/h21-27H,2-20H2,1H3. The third kappa shape index (κ3) is 5.33. The minimum absolute atomic E-state index is 1.07. The molecule has 0 aromatic heterocycles. The molecule has 0 heterocycles. The monoisotopic (exact) mass is 372 g/mol. The van der Waals surface area contributed by atoms with Crippen LogP contribution >= 0.6 is 0 Å². The average molecular weight is 373 g/mol. The van der Waals surface area contributed by atoms with Crippen molar-refractivity contribution in [1.29, 1.82) is 0 Å². The molecule has 2 atom stereocenters. The van der Waals surface area contributed by atoms with Crippen molar-refractivity contribution in [2.45, 2.75) is 129 Å². The summed E-state index contributed by atoms with van der Waals surface area (Å²) in [6.07, 6.45) is 29.7. The highest BCUT2D eigenvalue weighted by Gasteiger charge is 2.36. The minimum Gasteiger partial charge on any atom is -0.0651 e. The molecule has 0 nitrogen and oxygen atoms in total. The van der Waals surface area contributed by atoms with Crippen LogP contribution in [0.15, 0.2) is 0 Å². The van der Waals surface area contributed by atoms with Gasteiger partial charge in [-0.05, 0) is 99.2 Å². The van der Waals surface area contributed by atoms with Crippen LogP contribution < -0.4 is 0 Å². The van der Waals surface area contributed by atoms with Gasteiger partial charge in [-0.2, -0.15) is 0 Å². The van der Waals surface area contributed by atoms with E-state index in [1.54, 1.807) is 77.0 Å². The molecular weight excluding hydrogens is 324 g/mol. The van der Waals surface area contributed by atoms with Crippen LogP contribution in [0.5, 0.6) is 0 Å². The van der Waals surface area contributed by atoms with Gasteiger partial charge in [-0.3, -0.25) is 0 Å². The Balaban J connectivity index is 1.19. The lowest BCUT2D eigenvalue weighted by Crippen LogP contribution is -2.31. The Bertz CT molecular complexity index is 402. The van der Waals surface area contributed by atoms with Gasteiger partial charge < -0.3 is 0 Å². The second-order valence-corrected chi connectivity index (χ2v) is 11.3. The fraction of sp³-hybridized carbons (Fsp3) is 1.00. The summed E-state index contributed by atoms with van der Waals surface area (Å²) in [6.45, 7) is 2.43. The van der Waals surface area contributed by atoms with Crippen molar-refractivity contribution < 1.29 is 0 Å². The van der Waals surface area contributed by atoms with Gasteiger partial charge in [0.15, 0.2) is 0 Å². The molecule has 4 aliphatic carbocycles. The zero-order chi connectivity index (χ0) is 18.5. The fourth-order valence-electron chi connectivity index (χ4n) is 8.09. The molecule has 156 valence electrons. The quantitative estimate of drug-likeness (QED) is 0.432. The summed E-state index contributed by atoms with van der Waals surface area (Å²) in [7, 11) is 0. The van der Waals surface area contributed by atoms with Gasteiger partial charge in [0, 0.05) is 0 Å². The van der Waals surface area contributed by atoms with Crippen molar-refractivity contribution in [3.63, 3.8) is 0 Å². The predicted octanol–water partition coefficient (Wildman–Crippen LogP) is 8.79. The SMILES string of the molecule is CCC1CCCC(C2CCC(C3CCC(C4CCCCCC4)CC3)CC2)C1. The minimum atomic E-state index is 1.07. The first kappa shape index (κ1) is 20.3. The van der Waals surface area contributed by atoms with Crippen molar-refractivity contribution in [2.24, 2.45) is 41.4 Å². The Morgan fingerprint density at radius 2 is 0.815 bits per heavy atom. The van der Waals surface area contributed by atoms with Crippen LogP contribution in [0, 0.1) is 41.4 Å². The van der Waals surface area contributed by atoms with Crippen LogP contribution in [0.25, 0.3) is 0 Å². The highest BCUT2D eigenvalue weighted by Crippen LogP contribution is 2.47. The molecule has 0 N–H and O–H groups in total. The van der Waals surface area contributed by atoms with Gasteiger partial charge in [0.25, 0.3) is 0 Å². The molecule has 0 radical (unpaired) electrons. The van der Waals surface area contributed by atoms with E-state index in [9.17, 15) is 0 Å². The molecule has 4 rings (SSSR count). The number of rotatable bonds is 4. The van der Waals surface area contributed by atoms with Crippen LogP contribution in [-0.2, 0) is 0 Å². The molecule has 0 bridgehead atoms. The maximum atomic E-state index is 2.43. The summed E-state index contributed by atoms with van der Waals surface area (Å²) < 4.78 is 0. The number of hydrogen-bond acceptors (Lipinski definition) is 0. The maximum absolute atomic E-state index is 2.43. The molecule has 4 saturated carbocycles. The van der Waals surface area contributed by atoms with E-state index in [4.69, 9.17) is 0 Å². The summed E-state index contributed by atoms with van der Waals surface area (Å²) in [6, 6.07) is 0. The van der Waals surface area contributed by atoms with Crippen LogP contribution in [0.2, 0.25) is 0 Å². The van der Waals surface area contributed by atoms with Crippen LogP contribution in [0.4, 0.5) is 0 Å². The second-order valence-electron chi connectivity index (χ2n) is 11.3. The molecule has 0 aromatic rings. The van der Waals surface area contributed by atoms with Crippen molar-refractivity contribution in [2.75, 3.05) is 0 Å². The van der Waals surface area contributed by atoms with Crippen LogP contribution in [0.3, 0.4) is 0 Å². The second kappa shape index (κ2) is 10.2. The van der Waals surface area contributed by atoms with E-state index in [2.05, 4.69) is 6.92 Å². The summed E-state index contributed by atoms with van der Waals surface area (Å²) in [4.78, 5) is 0. The topological polar surface area (TPSA) is 0 Å². The molecule has 0 saturated heterocycles. The van der Waals surface area contributed by atoms with Crippen molar-refractivity contribution in [1.82, 2.24) is 0 Å². The van der Waals surface area contributed by atoms with E-state index >= 15 is 0 Å². The molecule has 0 spiro atoms. The molecule has 0 amide bonds. The van der Waals surface area contributed by atoms with Crippen molar-refractivity contribution in [3.8, 4) is 0 Å². The highest BCUT2D eigenvalue weighted by molar-refractivity contribution is 4.87. The Labute approximate surface area is 170 Å². The van der Waals surface area contributed by atoms with E-state index in [0.717, 1.165) is 41.4 Å². The van der Waals surface area contributed by atoms with Crippen molar-refractivity contribution in [3.05, 3.63) is 0 Å². The highest BCUT2D eigenvalue weighted by atomic mass is 14.4. The summed E-state index contributed by atoms with van der Waals surface area (Å²) in [5.41, 5.74) is 0. The largest absolute Gasteiger partial charge is 0.0651 e. The molecule has 4 fully saturated rings. The van der Waals surface area contributed by atoms with Gasteiger partial charge in [-0.25, -0.2) is 0 Å². The van der Waals surface area contributed by atoms with Gasteiger partial charge >= 0.3 is 0 Å². The van der Waals surface area contributed by atoms with E-state index in [1.165, 1.54) is 44.9 Å². The fourth-order valence-corrected chi connectivity index (χ4v) is 8.09. The smallest absolute Gasteiger partial charge is 0.0383 e. The molecule has 2 unspecified atom stereocenters. The average Bonchev–Trinajstić information content (AvgIpc) is 3.04. The zero-order valence-electron chi connectivity index (χ0n) is 18.5. The molecule has 4 aliphatic rings. The van der Waals surface area contributed by atoms with E-state index in [0.29, 0.717) is 0 Å². The molecular formula is C27H48. The summed E-state index contributed by atoms with van der Waals surface area (Å²) in [5.74, 6) is 7.74. The lowest BCUT2D eigenvalue weighted by atomic mass is 9.63. The first-order chi connectivity index (χ1) is 13.3. The first-order valence-corrected chi connectivity index (χ1v) is 13.3. The Morgan fingerprint density at radius 1 is 0.407 bits per heavy atom.